The predicted octanol–water partition coefficient (Wildman–Crippen LogP) is 6.64. The van der Waals surface area contributed by atoms with Crippen molar-refractivity contribution in [2.75, 3.05) is 6.54 Å². The third-order valence-corrected chi connectivity index (χ3v) is 6.06. The molecule has 0 atom stereocenters. The molecule has 4 aromatic rings. The molecule has 0 unspecified atom stereocenters. The summed E-state index contributed by atoms with van der Waals surface area (Å²) in [4.78, 5) is 4.82. The maximum absolute atomic E-state index is 14.8. The minimum Gasteiger partial charge on any atom is -0.485 e. The molecule has 0 amide bonds. The summed E-state index contributed by atoms with van der Waals surface area (Å²) in [7, 11) is 0. The van der Waals surface area contributed by atoms with Crippen LogP contribution in [0, 0.1) is 5.82 Å². The van der Waals surface area contributed by atoms with Crippen molar-refractivity contribution >= 4 is 11.9 Å². The summed E-state index contributed by atoms with van der Waals surface area (Å²) in [6, 6.07) is 20.7. The van der Waals surface area contributed by atoms with Crippen LogP contribution < -0.4 is 14.2 Å². The first-order valence-electron chi connectivity index (χ1n) is 11.3. The van der Waals surface area contributed by atoms with E-state index in [1.807, 2.05) is 65.4 Å². The number of benzene rings is 3. The van der Waals surface area contributed by atoms with Gasteiger partial charge in [-0.25, -0.2) is 9.37 Å². The Balaban J connectivity index is 1.35. The van der Waals surface area contributed by atoms with Crippen LogP contribution in [-0.4, -0.2) is 16.1 Å². The average molecular weight is 478 g/mol. The molecule has 0 aliphatic heterocycles. The predicted molar refractivity (Wildman–Crippen MR) is 134 cm³/mol. The molecule has 34 heavy (non-hydrogen) atoms. The Bertz CT molecular complexity index is 1170. The van der Waals surface area contributed by atoms with Crippen molar-refractivity contribution in [2.45, 2.75) is 37.8 Å². The van der Waals surface area contributed by atoms with Crippen LogP contribution in [0.2, 0.25) is 0 Å². The molecule has 4 rings (SSSR count). The molecule has 176 valence electrons. The number of nitrogens with one attached hydrogen (secondary N) is 1. The molecule has 1 aromatic heterocycles. The summed E-state index contributed by atoms with van der Waals surface area (Å²) in [5.74, 6) is 0.836. The van der Waals surface area contributed by atoms with Crippen LogP contribution in [0.4, 0.5) is 4.39 Å². The molecule has 7 heteroatoms. The lowest BCUT2D eigenvalue weighted by atomic mass is 10.1. The number of aryl methyl sites for hydroxylation is 2. The van der Waals surface area contributed by atoms with Crippen molar-refractivity contribution in [2.24, 2.45) is 0 Å². The first-order valence-corrected chi connectivity index (χ1v) is 12.2. The van der Waals surface area contributed by atoms with E-state index in [-0.39, 0.29) is 5.75 Å². The first-order chi connectivity index (χ1) is 16.7. The SMILES string of the molecule is CCc1ccc(Oc2ccc(SNCCCn3ccnc3)cc2F)c(OCc2ccccc2)c1. The highest BCUT2D eigenvalue weighted by Crippen LogP contribution is 2.35. The second-order valence-corrected chi connectivity index (χ2v) is 8.72. The minimum atomic E-state index is -0.418. The van der Waals surface area contributed by atoms with Crippen molar-refractivity contribution < 1.29 is 13.9 Å². The maximum atomic E-state index is 14.8. The number of imidazole rings is 1. The number of aromatic nitrogens is 2. The number of hydrogen-bond donors (Lipinski definition) is 1. The van der Waals surface area contributed by atoms with Crippen molar-refractivity contribution in [3.05, 3.63) is 102 Å². The average Bonchev–Trinajstić information content (AvgIpc) is 3.39. The van der Waals surface area contributed by atoms with E-state index in [4.69, 9.17) is 9.47 Å². The monoisotopic (exact) mass is 477 g/mol. The topological polar surface area (TPSA) is 48.3 Å². The zero-order valence-corrected chi connectivity index (χ0v) is 19.9. The summed E-state index contributed by atoms with van der Waals surface area (Å²) in [6.07, 6.45) is 7.33. The van der Waals surface area contributed by atoms with E-state index >= 15 is 0 Å². The van der Waals surface area contributed by atoms with E-state index in [0.717, 1.165) is 42.0 Å². The summed E-state index contributed by atoms with van der Waals surface area (Å²) in [5.41, 5.74) is 2.18. The maximum Gasteiger partial charge on any atom is 0.169 e. The van der Waals surface area contributed by atoms with Gasteiger partial charge in [-0.3, -0.25) is 4.72 Å². The molecule has 0 fully saturated rings. The minimum absolute atomic E-state index is 0.165. The van der Waals surface area contributed by atoms with Crippen LogP contribution in [0.1, 0.15) is 24.5 Å². The highest BCUT2D eigenvalue weighted by molar-refractivity contribution is 7.97. The molecule has 0 radical (unpaired) electrons. The Morgan fingerprint density at radius 2 is 1.82 bits per heavy atom. The van der Waals surface area contributed by atoms with Gasteiger partial charge in [-0.15, -0.1) is 0 Å². The zero-order valence-electron chi connectivity index (χ0n) is 19.1. The van der Waals surface area contributed by atoms with Gasteiger partial charge in [0.1, 0.15) is 6.61 Å². The largest absolute Gasteiger partial charge is 0.485 e. The summed E-state index contributed by atoms with van der Waals surface area (Å²) in [6.45, 7) is 4.18. The molecule has 0 spiro atoms. The van der Waals surface area contributed by atoms with Crippen LogP contribution >= 0.6 is 11.9 Å². The Morgan fingerprint density at radius 1 is 0.971 bits per heavy atom. The Kier molecular flexibility index (Phi) is 8.60. The van der Waals surface area contributed by atoms with Gasteiger partial charge in [-0.05, 0) is 66.2 Å². The number of ether oxygens (including phenoxy) is 2. The number of hydrogen-bond acceptors (Lipinski definition) is 5. The zero-order chi connectivity index (χ0) is 23.6. The fourth-order valence-corrected chi connectivity index (χ4v) is 4.05. The van der Waals surface area contributed by atoms with Gasteiger partial charge < -0.3 is 14.0 Å². The highest BCUT2D eigenvalue weighted by atomic mass is 32.2. The Morgan fingerprint density at radius 3 is 2.59 bits per heavy atom. The van der Waals surface area contributed by atoms with Crippen molar-refractivity contribution in [1.82, 2.24) is 14.3 Å². The standard InChI is InChI=1S/C27H28FN3O2S/c1-2-21-9-11-26(27(17-21)32-19-22-7-4-3-5-8-22)33-25-12-10-23(18-24(25)28)34-30-13-6-15-31-16-14-29-20-31/h3-5,7-12,14,16-18,20,30H,2,6,13,15,19H2,1H3. The fraction of sp³-hybridized carbons (Fsp3) is 0.222. The lowest BCUT2D eigenvalue weighted by Crippen LogP contribution is -2.08. The third kappa shape index (κ3) is 6.85. The number of rotatable bonds is 12. The Hall–Kier alpha value is -3.29. The van der Waals surface area contributed by atoms with Crippen LogP contribution in [0.5, 0.6) is 17.2 Å². The molecule has 1 N–H and O–H groups in total. The molecule has 1 heterocycles. The normalized spacial score (nSPS) is 10.9. The second kappa shape index (κ2) is 12.3. The fourth-order valence-electron chi connectivity index (χ4n) is 3.34. The quantitative estimate of drug-likeness (QED) is 0.183. The van der Waals surface area contributed by atoms with Crippen molar-refractivity contribution in [3.8, 4) is 17.2 Å². The van der Waals surface area contributed by atoms with Crippen LogP contribution in [0.25, 0.3) is 0 Å². The molecule has 0 aliphatic rings. The number of nitrogens with zero attached hydrogens (tertiary/aromatic N) is 2. The molecule has 0 aliphatic carbocycles. The van der Waals surface area contributed by atoms with Crippen LogP contribution in [0.15, 0.2) is 90.3 Å². The van der Waals surface area contributed by atoms with Gasteiger partial charge in [0.2, 0.25) is 0 Å². The molecular formula is C27H28FN3O2S. The molecule has 0 bridgehead atoms. The lowest BCUT2D eigenvalue weighted by molar-refractivity contribution is 0.289. The van der Waals surface area contributed by atoms with E-state index in [1.54, 1.807) is 18.6 Å². The van der Waals surface area contributed by atoms with E-state index in [0.29, 0.717) is 18.1 Å². The van der Waals surface area contributed by atoms with Gasteiger partial charge in [0.05, 0.1) is 6.33 Å². The van der Waals surface area contributed by atoms with Gasteiger partial charge in [-0.1, -0.05) is 43.3 Å². The van der Waals surface area contributed by atoms with Gasteiger partial charge in [0.15, 0.2) is 23.1 Å². The summed E-state index contributed by atoms with van der Waals surface area (Å²) < 4.78 is 32.1. The van der Waals surface area contributed by atoms with E-state index in [9.17, 15) is 4.39 Å². The van der Waals surface area contributed by atoms with E-state index in [2.05, 4.69) is 16.6 Å². The van der Waals surface area contributed by atoms with Crippen molar-refractivity contribution in [3.63, 3.8) is 0 Å². The lowest BCUT2D eigenvalue weighted by Gasteiger charge is -2.15. The second-order valence-electron chi connectivity index (χ2n) is 7.75. The third-order valence-electron chi connectivity index (χ3n) is 5.22. The van der Waals surface area contributed by atoms with Crippen LogP contribution in [0.3, 0.4) is 0 Å². The molecule has 0 saturated carbocycles. The summed E-state index contributed by atoms with van der Waals surface area (Å²) in [5, 5.41) is 0. The smallest absolute Gasteiger partial charge is 0.169 e. The van der Waals surface area contributed by atoms with Gasteiger partial charge in [0, 0.05) is 30.4 Å². The van der Waals surface area contributed by atoms with Gasteiger partial charge in [-0.2, -0.15) is 0 Å². The van der Waals surface area contributed by atoms with Crippen molar-refractivity contribution in [1.29, 1.82) is 0 Å². The Labute approximate surface area is 204 Å². The van der Waals surface area contributed by atoms with Gasteiger partial charge >= 0.3 is 0 Å². The summed E-state index contributed by atoms with van der Waals surface area (Å²) >= 11 is 1.41. The molecular weight excluding hydrogens is 449 g/mol. The van der Waals surface area contributed by atoms with E-state index in [1.165, 1.54) is 18.0 Å². The molecule has 0 saturated heterocycles. The number of halogens is 1. The van der Waals surface area contributed by atoms with Crippen LogP contribution in [-0.2, 0) is 19.6 Å². The first kappa shape index (κ1) is 23.9. The van der Waals surface area contributed by atoms with Gasteiger partial charge in [0.25, 0.3) is 0 Å². The van der Waals surface area contributed by atoms with E-state index < -0.39 is 5.82 Å². The highest BCUT2D eigenvalue weighted by Gasteiger charge is 2.12. The molecule has 5 nitrogen and oxygen atoms in total. The molecule has 3 aromatic carbocycles.